The molecular weight excluding hydrogens is 338 g/mol. The molecule has 0 aliphatic carbocycles. The van der Waals surface area contributed by atoms with Gasteiger partial charge in [-0.25, -0.2) is 4.79 Å². The lowest BCUT2D eigenvalue weighted by Crippen LogP contribution is -2.28. The SMILES string of the molecule is Cc1ccccc1COC(=O)c1ccccc1C(=O)N(C)c1ccccc1. The summed E-state index contributed by atoms with van der Waals surface area (Å²) < 4.78 is 5.46. The summed E-state index contributed by atoms with van der Waals surface area (Å²) in [5, 5.41) is 0. The molecule has 0 heterocycles. The Hall–Kier alpha value is -3.40. The maximum Gasteiger partial charge on any atom is 0.339 e. The number of nitrogens with zero attached hydrogens (tertiary/aromatic N) is 1. The van der Waals surface area contributed by atoms with Gasteiger partial charge in [0.25, 0.3) is 5.91 Å². The number of anilines is 1. The molecule has 0 N–H and O–H groups in total. The number of aryl methyl sites for hydroxylation is 1. The summed E-state index contributed by atoms with van der Waals surface area (Å²) in [5.41, 5.74) is 3.33. The molecule has 0 atom stereocenters. The zero-order valence-electron chi connectivity index (χ0n) is 15.4. The van der Waals surface area contributed by atoms with Crippen LogP contribution in [0.2, 0.25) is 0 Å². The van der Waals surface area contributed by atoms with Gasteiger partial charge in [-0.1, -0.05) is 54.6 Å². The molecule has 0 aliphatic heterocycles. The van der Waals surface area contributed by atoms with Crippen molar-refractivity contribution in [2.75, 3.05) is 11.9 Å². The number of esters is 1. The van der Waals surface area contributed by atoms with E-state index in [1.807, 2.05) is 61.5 Å². The van der Waals surface area contributed by atoms with Crippen LogP contribution in [0.3, 0.4) is 0 Å². The van der Waals surface area contributed by atoms with Gasteiger partial charge < -0.3 is 9.64 Å². The average molecular weight is 359 g/mol. The van der Waals surface area contributed by atoms with Crippen molar-refractivity contribution in [1.82, 2.24) is 0 Å². The number of benzene rings is 3. The van der Waals surface area contributed by atoms with E-state index in [0.29, 0.717) is 5.56 Å². The highest BCUT2D eigenvalue weighted by molar-refractivity contribution is 6.11. The van der Waals surface area contributed by atoms with Crippen LogP contribution in [0, 0.1) is 6.92 Å². The van der Waals surface area contributed by atoms with Gasteiger partial charge in [0.2, 0.25) is 0 Å². The van der Waals surface area contributed by atoms with Gasteiger partial charge in [0.15, 0.2) is 0 Å². The maximum absolute atomic E-state index is 12.9. The molecule has 0 bridgehead atoms. The van der Waals surface area contributed by atoms with Crippen LogP contribution < -0.4 is 4.90 Å². The van der Waals surface area contributed by atoms with Gasteiger partial charge in [-0.05, 0) is 42.3 Å². The fraction of sp³-hybridized carbons (Fsp3) is 0.130. The first-order valence-corrected chi connectivity index (χ1v) is 8.71. The molecule has 0 fully saturated rings. The van der Waals surface area contributed by atoms with Crippen molar-refractivity contribution < 1.29 is 14.3 Å². The van der Waals surface area contributed by atoms with Crippen molar-refractivity contribution in [3.8, 4) is 0 Å². The first kappa shape index (κ1) is 18.4. The summed E-state index contributed by atoms with van der Waals surface area (Å²) in [4.78, 5) is 27.1. The van der Waals surface area contributed by atoms with Crippen molar-refractivity contribution in [2.45, 2.75) is 13.5 Å². The second-order valence-electron chi connectivity index (χ2n) is 6.25. The number of carbonyl (C=O) groups excluding carboxylic acids is 2. The quantitative estimate of drug-likeness (QED) is 0.624. The molecule has 0 saturated heterocycles. The van der Waals surface area contributed by atoms with E-state index in [1.54, 1.807) is 31.3 Å². The highest BCUT2D eigenvalue weighted by Gasteiger charge is 2.21. The molecule has 3 aromatic rings. The van der Waals surface area contributed by atoms with Gasteiger partial charge >= 0.3 is 5.97 Å². The van der Waals surface area contributed by atoms with Crippen LogP contribution in [-0.2, 0) is 11.3 Å². The predicted molar refractivity (Wildman–Crippen MR) is 106 cm³/mol. The van der Waals surface area contributed by atoms with E-state index in [4.69, 9.17) is 4.74 Å². The summed E-state index contributed by atoms with van der Waals surface area (Å²) >= 11 is 0. The Bertz CT molecular complexity index is 951. The number of hydrogen-bond donors (Lipinski definition) is 0. The van der Waals surface area contributed by atoms with Crippen molar-refractivity contribution in [2.24, 2.45) is 0 Å². The molecule has 3 aromatic carbocycles. The molecule has 0 unspecified atom stereocenters. The molecule has 27 heavy (non-hydrogen) atoms. The van der Waals surface area contributed by atoms with E-state index in [0.717, 1.165) is 16.8 Å². The van der Waals surface area contributed by atoms with Gasteiger partial charge in [0, 0.05) is 12.7 Å². The number of rotatable bonds is 5. The molecule has 4 heteroatoms. The summed E-state index contributed by atoms with van der Waals surface area (Å²) in [7, 11) is 1.69. The van der Waals surface area contributed by atoms with Crippen LogP contribution in [0.1, 0.15) is 31.8 Å². The van der Waals surface area contributed by atoms with Crippen LogP contribution in [0.4, 0.5) is 5.69 Å². The average Bonchev–Trinajstić information content (AvgIpc) is 2.72. The monoisotopic (exact) mass is 359 g/mol. The van der Waals surface area contributed by atoms with Crippen LogP contribution in [0.15, 0.2) is 78.9 Å². The van der Waals surface area contributed by atoms with E-state index in [9.17, 15) is 9.59 Å². The summed E-state index contributed by atoms with van der Waals surface area (Å²) in [6.45, 7) is 2.14. The summed E-state index contributed by atoms with van der Waals surface area (Å²) in [5.74, 6) is -0.770. The van der Waals surface area contributed by atoms with Crippen molar-refractivity contribution >= 4 is 17.6 Å². The van der Waals surface area contributed by atoms with Gasteiger partial charge in [-0.3, -0.25) is 4.79 Å². The lowest BCUT2D eigenvalue weighted by Gasteiger charge is -2.19. The molecule has 0 spiro atoms. The molecule has 3 rings (SSSR count). The van der Waals surface area contributed by atoms with E-state index >= 15 is 0 Å². The number of ether oxygens (including phenoxy) is 1. The number of hydrogen-bond acceptors (Lipinski definition) is 3. The Balaban J connectivity index is 1.80. The smallest absolute Gasteiger partial charge is 0.339 e. The fourth-order valence-corrected chi connectivity index (χ4v) is 2.79. The lowest BCUT2D eigenvalue weighted by molar-refractivity contribution is 0.0469. The molecular formula is C23H21NO3. The molecule has 0 saturated carbocycles. The van der Waals surface area contributed by atoms with Gasteiger partial charge in [0.1, 0.15) is 6.61 Å². The Morgan fingerprint density at radius 3 is 2.11 bits per heavy atom. The fourth-order valence-electron chi connectivity index (χ4n) is 2.79. The van der Waals surface area contributed by atoms with E-state index < -0.39 is 5.97 Å². The highest BCUT2D eigenvalue weighted by Crippen LogP contribution is 2.19. The van der Waals surface area contributed by atoms with Crippen LogP contribution in [0.5, 0.6) is 0 Å². The minimum Gasteiger partial charge on any atom is -0.457 e. The van der Waals surface area contributed by atoms with Crippen molar-refractivity contribution in [3.05, 3.63) is 101 Å². The number of amides is 1. The molecule has 0 radical (unpaired) electrons. The summed E-state index contributed by atoms with van der Waals surface area (Å²) in [6, 6.07) is 23.8. The largest absolute Gasteiger partial charge is 0.457 e. The van der Waals surface area contributed by atoms with E-state index in [-0.39, 0.29) is 18.1 Å². The first-order chi connectivity index (χ1) is 13.1. The normalized spacial score (nSPS) is 10.3. The Kier molecular flexibility index (Phi) is 5.67. The number of carbonyl (C=O) groups is 2. The third-order valence-electron chi connectivity index (χ3n) is 4.45. The van der Waals surface area contributed by atoms with Crippen LogP contribution in [-0.4, -0.2) is 18.9 Å². The Labute approximate surface area is 159 Å². The third-order valence-corrected chi connectivity index (χ3v) is 4.45. The molecule has 136 valence electrons. The van der Waals surface area contributed by atoms with Crippen LogP contribution in [0.25, 0.3) is 0 Å². The summed E-state index contributed by atoms with van der Waals surface area (Å²) in [6.07, 6.45) is 0. The highest BCUT2D eigenvalue weighted by atomic mass is 16.5. The third kappa shape index (κ3) is 4.23. The number of para-hydroxylation sites is 1. The minimum atomic E-state index is -0.510. The first-order valence-electron chi connectivity index (χ1n) is 8.71. The van der Waals surface area contributed by atoms with Crippen molar-refractivity contribution in [1.29, 1.82) is 0 Å². The van der Waals surface area contributed by atoms with Gasteiger partial charge in [-0.2, -0.15) is 0 Å². The van der Waals surface area contributed by atoms with Crippen LogP contribution >= 0.6 is 0 Å². The standard InChI is InChI=1S/C23H21NO3/c1-17-10-6-7-11-18(17)16-27-23(26)21-15-9-8-14-20(21)22(25)24(2)19-12-4-3-5-13-19/h3-15H,16H2,1-2H3. The molecule has 0 aromatic heterocycles. The second-order valence-corrected chi connectivity index (χ2v) is 6.25. The van der Waals surface area contributed by atoms with E-state index in [1.165, 1.54) is 4.90 Å². The van der Waals surface area contributed by atoms with Crippen molar-refractivity contribution in [3.63, 3.8) is 0 Å². The van der Waals surface area contributed by atoms with Gasteiger partial charge in [0.05, 0.1) is 11.1 Å². The second kappa shape index (κ2) is 8.32. The zero-order chi connectivity index (χ0) is 19.2. The topological polar surface area (TPSA) is 46.6 Å². The Morgan fingerprint density at radius 2 is 1.41 bits per heavy atom. The van der Waals surface area contributed by atoms with E-state index in [2.05, 4.69) is 0 Å². The minimum absolute atomic E-state index is 0.169. The lowest BCUT2D eigenvalue weighted by atomic mass is 10.1. The Morgan fingerprint density at radius 1 is 0.815 bits per heavy atom. The molecule has 0 aliphatic rings. The zero-order valence-corrected chi connectivity index (χ0v) is 15.4. The predicted octanol–water partition coefficient (Wildman–Crippen LogP) is 4.63. The maximum atomic E-state index is 12.9. The van der Waals surface area contributed by atoms with Gasteiger partial charge in [-0.15, -0.1) is 0 Å². The molecule has 4 nitrogen and oxygen atoms in total. The molecule has 1 amide bonds.